The van der Waals surface area contributed by atoms with E-state index in [2.05, 4.69) is 4.98 Å². The van der Waals surface area contributed by atoms with Crippen molar-refractivity contribution in [3.8, 4) is 0 Å². The number of carbonyl (C=O) groups excluding carboxylic acids is 1. The molecule has 126 valence electrons. The standard InChI is InChI=1S/C17H23FN2O3/c1-22-10-11-23-15-2-4-17(15)5-8-20(9-6-17)16(21)13-3-7-19-12-14(13)18/h3,7,12,15H,2,4-6,8-11H2,1H3. The van der Waals surface area contributed by atoms with Gasteiger partial charge in [-0.2, -0.15) is 0 Å². The summed E-state index contributed by atoms with van der Waals surface area (Å²) < 4.78 is 24.7. The van der Waals surface area contributed by atoms with Crippen molar-refractivity contribution < 1.29 is 18.7 Å². The summed E-state index contributed by atoms with van der Waals surface area (Å²) in [6.45, 7) is 2.54. The van der Waals surface area contributed by atoms with Crippen molar-refractivity contribution in [1.29, 1.82) is 0 Å². The molecule has 0 aromatic carbocycles. The number of carbonyl (C=O) groups is 1. The van der Waals surface area contributed by atoms with Crippen molar-refractivity contribution in [2.24, 2.45) is 5.41 Å². The number of piperidine rings is 1. The van der Waals surface area contributed by atoms with Crippen LogP contribution in [0.25, 0.3) is 0 Å². The van der Waals surface area contributed by atoms with Crippen molar-refractivity contribution >= 4 is 5.91 Å². The Morgan fingerprint density at radius 3 is 2.78 bits per heavy atom. The largest absolute Gasteiger partial charge is 0.382 e. The Labute approximate surface area is 135 Å². The number of aromatic nitrogens is 1. The zero-order valence-corrected chi connectivity index (χ0v) is 13.5. The van der Waals surface area contributed by atoms with Gasteiger partial charge in [0.1, 0.15) is 0 Å². The van der Waals surface area contributed by atoms with Crippen LogP contribution >= 0.6 is 0 Å². The molecule has 1 saturated carbocycles. The molecule has 1 aromatic rings. The van der Waals surface area contributed by atoms with Crippen molar-refractivity contribution in [2.45, 2.75) is 31.8 Å². The first kappa shape index (κ1) is 16.3. The first-order valence-corrected chi connectivity index (χ1v) is 8.16. The quantitative estimate of drug-likeness (QED) is 0.780. The molecular formula is C17H23FN2O3. The molecule has 1 aromatic heterocycles. The van der Waals surface area contributed by atoms with Crippen molar-refractivity contribution in [3.05, 3.63) is 29.8 Å². The number of rotatable bonds is 5. The highest BCUT2D eigenvalue weighted by molar-refractivity contribution is 5.94. The minimum absolute atomic E-state index is 0.109. The fraction of sp³-hybridized carbons (Fsp3) is 0.647. The van der Waals surface area contributed by atoms with Crippen molar-refractivity contribution in [2.75, 3.05) is 33.4 Å². The van der Waals surface area contributed by atoms with Gasteiger partial charge in [-0.05, 0) is 31.7 Å². The number of ether oxygens (including phenoxy) is 2. The molecule has 23 heavy (non-hydrogen) atoms. The number of amides is 1. The van der Waals surface area contributed by atoms with E-state index in [0.717, 1.165) is 31.9 Å². The van der Waals surface area contributed by atoms with Crippen LogP contribution in [0.1, 0.15) is 36.0 Å². The lowest BCUT2D eigenvalue weighted by molar-refractivity contribution is -0.139. The second-order valence-electron chi connectivity index (χ2n) is 6.40. The number of nitrogens with zero attached hydrogens (tertiary/aromatic N) is 2. The molecular weight excluding hydrogens is 299 g/mol. The molecule has 0 radical (unpaired) electrons. The van der Waals surface area contributed by atoms with Crippen LogP contribution in [0.4, 0.5) is 4.39 Å². The van der Waals surface area contributed by atoms with Gasteiger partial charge in [0.2, 0.25) is 0 Å². The molecule has 1 amide bonds. The fourth-order valence-corrected chi connectivity index (χ4v) is 3.65. The van der Waals surface area contributed by atoms with Crippen LogP contribution in [0.3, 0.4) is 0 Å². The molecule has 1 spiro atoms. The third-order valence-electron chi connectivity index (χ3n) is 5.24. The normalized spacial score (nSPS) is 22.9. The Morgan fingerprint density at radius 2 is 2.17 bits per heavy atom. The summed E-state index contributed by atoms with van der Waals surface area (Å²) in [6, 6.07) is 1.45. The zero-order chi connectivity index (χ0) is 16.3. The zero-order valence-electron chi connectivity index (χ0n) is 13.5. The number of methoxy groups -OCH3 is 1. The van der Waals surface area contributed by atoms with Crippen molar-refractivity contribution in [1.82, 2.24) is 9.88 Å². The van der Waals surface area contributed by atoms with Crippen LogP contribution in [0.2, 0.25) is 0 Å². The maximum Gasteiger partial charge on any atom is 0.256 e. The molecule has 1 atom stereocenters. The first-order chi connectivity index (χ1) is 11.2. The van der Waals surface area contributed by atoms with Gasteiger partial charge in [0.05, 0.1) is 31.1 Å². The van der Waals surface area contributed by atoms with Gasteiger partial charge in [0, 0.05) is 31.8 Å². The predicted octanol–water partition coefficient (Wildman–Crippen LogP) is 2.27. The average molecular weight is 322 g/mol. The van der Waals surface area contributed by atoms with E-state index < -0.39 is 5.82 Å². The van der Waals surface area contributed by atoms with Gasteiger partial charge in [-0.15, -0.1) is 0 Å². The Bertz CT molecular complexity index is 559. The van der Waals surface area contributed by atoms with Crippen LogP contribution in [0, 0.1) is 11.2 Å². The third-order valence-corrected chi connectivity index (χ3v) is 5.24. The Kier molecular flexibility index (Phi) is 4.92. The lowest BCUT2D eigenvalue weighted by Crippen LogP contribution is -2.54. The molecule has 1 saturated heterocycles. The summed E-state index contributed by atoms with van der Waals surface area (Å²) in [5.41, 5.74) is 0.304. The maximum absolute atomic E-state index is 13.7. The highest BCUT2D eigenvalue weighted by atomic mass is 19.1. The maximum atomic E-state index is 13.7. The summed E-state index contributed by atoms with van der Waals surface area (Å²) in [4.78, 5) is 17.9. The molecule has 2 fully saturated rings. The fourth-order valence-electron chi connectivity index (χ4n) is 3.65. The lowest BCUT2D eigenvalue weighted by Gasteiger charge is -2.53. The molecule has 0 N–H and O–H groups in total. The monoisotopic (exact) mass is 322 g/mol. The molecule has 3 rings (SSSR count). The highest BCUT2D eigenvalue weighted by Gasteiger charge is 2.49. The van der Waals surface area contributed by atoms with E-state index >= 15 is 0 Å². The van der Waals surface area contributed by atoms with Gasteiger partial charge >= 0.3 is 0 Å². The smallest absolute Gasteiger partial charge is 0.256 e. The Balaban J connectivity index is 1.56. The average Bonchev–Trinajstić information content (AvgIpc) is 2.58. The summed E-state index contributed by atoms with van der Waals surface area (Å²) in [5, 5.41) is 0. The Hall–Kier alpha value is -1.53. The number of likely N-dealkylation sites (tertiary alicyclic amines) is 1. The van der Waals surface area contributed by atoms with Crippen LogP contribution in [-0.4, -0.2) is 55.3 Å². The molecule has 5 nitrogen and oxygen atoms in total. The predicted molar refractivity (Wildman–Crippen MR) is 82.6 cm³/mol. The second-order valence-corrected chi connectivity index (χ2v) is 6.40. The van der Waals surface area contributed by atoms with Gasteiger partial charge in [0.15, 0.2) is 5.82 Å². The van der Waals surface area contributed by atoms with Gasteiger partial charge in [-0.25, -0.2) is 4.39 Å². The van der Waals surface area contributed by atoms with Gasteiger partial charge < -0.3 is 14.4 Å². The van der Waals surface area contributed by atoms with E-state index in [1.807, 2.05) is 0 Å². The van der Waals surface area contributed by atoms with E-state index in [9.17, 15) is 9.18 Å². The van der Waals surface area contributed by atoms with Crippen LogP contribution in [0.15, 0.2) is 18.5 Å². The second kappa shape index (κ2) is 6.93. The Morgan fingerprint density at radius 1 is 1.39 bits per heavy atom. The van der Waals surface area contributed by atoms with Crippen LogP contribution in [0.5, 0.6) is 0 Å². The summed E-state index contributed by atoms with van der Waals surface area (Å²) >= 11 is 0. The molecule has 1 unspecified atom stereocenters. The van der Waals surface area contributed by atoms with E-state index in [1.165, 1.54) is 12.3 Å². The van der Waals surface area contributed by atoms with Gasteiger partial charge in [0.25, 0.3) is 5.91 Å². The molecule has 2 aliphatic rings. The van der Waals surface area contributed by atoms with Crippen LogP contribution < -0.4 is 0 Å². The van der Waals surface area contributed by atoms with Gasteiger partial charge in [-0.1, -0.05) is 0 Å². The number of hydrogen-bond acceptors (Lipinski definition) is 4. The third kappa shape index (κ3) is 3.23. The number of hydrogen-bond donors (Lipinski definition) is 0. The molecule has 6 heteroatoms. The SMILES string of the molecule is COCCOC1CCC12CCN(C(=O)c1ccncc1F)CC2. The first-order valence-electron chi connectivity index (χ1n) is 8.16. The van der Waals surface area contributed by atoms with E-state index in [1.54, 1.807) is 12.0 Å². The lowest BCUT2D eigenvalue weighted by atomic mass is 9.60. The number of halogens is 1. The summed E-state index contributed by atoms with van der Waals surface area (Å²) in [5.74, 6) is -0.793. The van der Waals surface area contributed by atoms with Crippen molar-refractivity contribution in [3.63, 3.8) is 0 Å². The van der Waals surface area contributed by atoms with E-state index in [-0.39, 0.29) is 23.0 Å². The molecule has 1 aliphatic carbocycles. The molecule has 0 bridgehead atoms. The van der Waals surface area contributed by atoms with Gasteiger partial charge in [-0.3, -0.25) is 9.78 Å². The summed E-state index contributed by atoms with van der Waals surface area (Å²) in [6.07, 6.45) is 6.88. The molecule has 2 heterocycles. The topological polar surface area (TPSA) is 51.7 Å². The van der Waals surface area contributed by atoms with E-state index in [4.69, 9.17) is 9.47 Å². The highest BCUT2D eigenvalue weighted by Crippen LogP contribution is 2.50. The summed E-state index contributed by atoms with van der Waals surface area (Å²) in [7, 11) is 1.67. The van der Waals surface area contributed by atoms with Crippen LogP contribution in [-0.2, 0) is 9.47 Å². The minimum atomic E-state index is -0.554. The van der Waals surface area contributed by atoms with E-state index in [0.29, 0.717) is 26.3 Å². The minimum Gasteiger partial charge on any atom is -0.382 e. The number of pyridine rings is 1. The molecule has 1 aliphatic heterocycles.